The van der Waals surface area contributed by atoms with E-state index >= 15 is 0 Å². The minimum Gasteiger partial charge on any atom is -0.368 e. The summed E-state index contributed by atoms with van der Waals surface area (Å²) >= 11 is 1.02. The number of benzene rings is 1. The van der Waals surface area contributed by atoms with Crippen LogP contribution in [0.5, 0.6) is 0 Å². The number of rotatable bonds is 11. The number of nitro groups is 1. The van der Waals surface area contributed by atoms with Gasteiger partial charge >= 0.3 is 0 Å². The van der Waals surface area contributed by atoms with Gasteiger partial charge in [-0.05, 0) is 37.2 Å². The van der Waals surface area contributed by atoms with E-state index in [9.17, 15) is 29.3 Å². The molecule has 0 aliphatic carbocycles. The van der Waals surface area contributed by atoms with Crippen LogP contribution in [0.25, 0.3) is 0 Å². The number of thioether (sulfide) groups is 1. The standard InChI is InChI=1S/C26H32N6O8S/c1-4-6-13-39-40-28-12-8-7-9-19-25(35)30-20(23(27)33)15-41-21-11-10-17(32(37)38)14-18(21)24(34)31-22(16(3)5-2)26(36)29-19/h1,10-11,14,16,19-20,22,28H,5,7-9,12,15H2,2-3H3,(H2,27,33)(H,29,36)(H,30,35)(H,31,34)/t16-,19?,20+,22+/m1/s1. The summed E-state index contributed by atoms with van der Waals surface area (Å²) in [5.74, 6) is 1.05. The molecule has 220 valence electrons. The van der Waals surface area contributed by atoms with Crippen molar-refractivity contribution in [1.29, 1.82) is 0 Å². The van der Waals surface area contributed by atoms with Crippen molar-refractivity contribution < 1.29 is 34.0 Å². The molecule has 0 saturated carbocycles. The average Bonchev–Trinajstić information content (AvgIpc) is 2.95. The highest BCUT2D eigenvalue weighted by Crippen LogP contribution is 2.28. The molecule has 0 saturated heterocycles. The number of fused-ring (bicyclic) bond motifs is 1. The number of hydrogen-bond donors (Lipinski definition) is 5. The van der Waals surface area contributed by atoms with Crippen molar-refractivity contribution >= 4 is 41.1 Å². The van der Waals surface area contributed by atoms with Crippen LogP contribution in [0, 0.1) is 40.4 Å². The lowest BCUT2D eigenvalue weighted by Crippen LogP contribution is -2.57. The normalized spacial score (nSPS) is 20.0. The molecule has 6 N–H and O–H groups in total. The number of nitrogens with zero attached hydrogens (tertiary/aromatic N) is 1. The minimum atomic E-state index is -1.15. The second-order valence-corrected chi connectivity index (χ2v) is 10.1. The van der Waals surface area contributed by atoms with Crippen LogP contribution in [-0.4, -0.2) is 59.0 Å². The maximum atomic E-state index is 13.4. The van der Waals surface area contributed by atoms with Gasteiger partial charge in [0.15, 0.2) is 6.11 Å². The maximum Gasteiger partial charge on any atom is 0.270 e. The summed E-state index contributed by atoms with van der Waals surface area (Å²) < 4.78 is 0. The molecule has 1 aromatic rings. The molecule has 1 aromatic carbocycles. The van der Waals surface area contributed by atoms with Gasteiger partial charge in [-0.2, -0.15) is 5.48 Å². The molecule has 4 amide bonds. The molecule has 0 fully saturated rings. The molecule has 2 rings (SSSR count). The SMILES string of the molecule is C#CC#COONCCCCC1NC(=O)[C@H]([C@H](C)CC)NC(=O)c2cc([N+](=O)[O-])ccc2SC[C@@H](C(N)=O)NC1=O. The first-order chi connectivity index (χ1) is 19.6. The Morgan fingerprint density at radius 2 is 2.02 bits per heavy atom. The summed E-state index contributed by atoms with van der Waals surface area (Å²) in [5, 5.41) is 19.3. The van der Waals surface area contributed by atoms with Crippen molar-refractivity contribution in [3.05, 3.63) is 33.9 Å². The van der Waals surface area contributed by atoms with Gasteiger partial charge in [0.25, 0.3) is 11.6 Å². The number of unbranched alkanes of at least 4 members (excludes halogenated alkanes) is 1. The van der Waals surface area contributed by atoms with Gasteiger partial charge in [0.2, 0.25) is 17.7 Å². The Kier molecular flexibility index (Phi) is 13.4. The zero-order valence-electron chi connectivity index (χ0n) is 22.6. The van der Waals surface area contributed by atoms with Crippen LogP contribution in [0.4, 0.5) is 5.69 Å². The molecule has 0 radical (unpaired) electrons. The number of terminal acetylenes is 1. The van der Waals surface area contributed by atoms with Crippen molar-refractivity contribution in [2.45, 2.75) is 62.6 Å². The number of nitrogens with two attached hydrogens (primary N) is 1. The van der Waals surface area contributed by atoms with Crippen molar-refractivity contribution in [2.75, 3.05) is 12.3 Å². The number of carbonyl (C=O) groups excluding carboxylic acids is 4. The fourth-order valence-corrected chi connectivity index (χ4v) is 4.78. The topological polar surface area (TPSA) is 204 Å². The Labute approximate surface area is 241 Å². The average molecular weight is 589 g/mol. The third-order valence-corrected chi connectivity index (χ3v) is 7.35. The molecule has 41 heavy (non-hydrogen) atoms. The Balaban J connectivity index is 2.30. The van der Waals surface area contributed by atoms with Crippen LogP contribution < -0.4 is 27.2 Å². The van der Waals surface area contributed by atoms with Crippen LogP contribution in [0.15, 0.2) is 23.1 Å². The number of carbonyl (C=O) groups is 4. The number of nitrogens with one attached hydrogen (secondary N) is 4. The van der Waals surface area contributed by atoms with E-state index in [0.717, 1.165) is 17.8 Å². The van der Waals surface area contributed by atoms with E-state index in [-0.39, 0.29) is 29.3 Å². The Hall–Kier alpha value is -4.31. The second kappa shape index (κ2) is 16.7. The largest absolute Gasteiger partial charge is 0.368 e. The molecule has 15 heteroatoms. The van der Waals surface area contributed by atoms with Gasteiger partial charge in [-0.3, -0.25) is 34.2 Å². The molecule has 14 nitrogen and oxygen atoms in total. The van der Waals surface area contributed by atoms with Crippen LogP contribution in [0.1, 0.15) is 49.9 Å². The van der Waals surface area contributed by atoms with Crippen LogP contribution in [0.2, 0.25) is 0 Å². The van der Waals surface area contributed by atoms with Gasteiger partial charge in [-0.25, -0.2) is 0 Å². The number of nitro benzene ring substituents is 1. The van der Waals surface area contributed by atoms with E-state index in [1.165, 1.54) is 12.1 Å². The minimum absolute atomic E-state index is 0.0420. The van der Waals surface area contributed by atoms with Gasteiger partial charge in [0.1, 0.15) is 18.1 Å². The van der Waals surface area contributed by atoms with Crippen LogP contribution in [0.3, 0.4) is 0 Å². The molecule has 1 aliphatic rings. The van der Waals surface area contributed by atoms with E-state index in [0.29, 0.717) is 30.7 Å². The molecule has 1 heterocycles. The number of non-ortho nitro benzene ring substituents is 1. The quantitative estimate of drug-likeness (QED) is 0.0797. The van der Waals surface area contributed by atoms with Gasteiger partial charge in [0, 0.05) is 35.2 Å². The first kappa shape index (κ1) is 32.9. The predicted octanol–water partition coefficient (Wildman–Crippen LogP) is 0.517. The van der Waals surface area contributed by atoms with Gasteiger partial charge in [-0.1, -0.05) is 25.3 Å². The molecule has 0 bridgehead atoms. The first-order valence-electron chi connectivity index (χ1n) is 12.7. The van der Waals surface area contributed by atoms with Crippen molar-refractivity contribution in [3.63, 3.8) is 0 Å². The van der Waals surface area contributed by atoms with Gasteiger partial charge in [-0.15, -0.1) is 18.2 Å². The Morgan fingerprint density at radius 1 is 1.27 bits per heavy atom. The van der Waals surface area contributed by atoms with E-state index in [1.807, 2.05) is 12.8 Å². The number of primary amides is 1. The van der Waals surface area contributed by atoms with Crippen LogP contribution >= 0.6 is 11.8 Å². The van der Waals surface area contributed by atoms with E-state index < -0.39 is 46.7 Å². The lowest BCUT2D eigenvalue weighted by Gasteiger charge is -2.27. The fraction of sp³-hybridized carbons (Fsp3) is 0.462. The molecule has 0 aromatic heterocycles. The molecule has 1 aliphatic heterocycles. The molecule has 0 spiro atoms. The highest BCUT2D eigenvalue weighted by molar-refractivity contribution is 7.99. The monoisotopic (exact) mass is 588 g/mol. The van der Waals surface area contributed by atoms with Crippen molar-refractivity contribution in [2.24, 2.45) is 11.7 Å². The molecular formula is C26H32N6O8S. The summed E-state index contributed by atoms with van der Waals surface area (Å²) in [6, 6.07) is 0.447. The molecule has 4 atom stereocenters. The summed E-state index contributed by atoms with van der Waals surface area (Å²) in [6.45, 7) is 3.90. The second-order valence-electron chi connectivity index (χ2n) is 9.04. The third kappa shape index (κ3) is 10.3. The zero-order valence-corrected chi connectivity index (χ0v) is 23.4. The maximum absolute atomic E-state index is 13.4. The summed E-state index contributed by atoms with van der Waals surface area (Å²) in [5.41, 5.74) is 7.67. The summed E-state index contributed by atoms with van der Waals surface area (Å²) in [7, 11) is 0. The lowest BCUT2D eigenvalue weighted by atomic mass is 9.97. The Bertz CT molecular complexity index is 1240. The van der Waals surface area contributed by atoms with Crippen LogP contribution in [-0.2, 0) is 24.3 Å². The zero-order chi connectivity index (χ0) is 30.4. The van der Waals surface area contributed by atoms with Gasteiger partial charge < -0.3 is 21.7 Å². The molecule has 1 unspecified atom stereocenters. The van der Waals surface area contributed by atoms with E-state index in [1.54, 1.807) is 6.92 Å². The van der Waals surface area contributed by atoms with E-state index in [2.05, 4.69) is 43.3 Å². The lowest BCUT2D eigenvalue weighted by molar-refractivity contribution is -0.384. The summed E-state index contributed by atoms with van der Waals surface area (Å²) in [6.07, 6.45) is 8.69. The van der Waals surface area contributed by atoms with Crippen molar-refractivity contribution in [1.82, 2.24) is 21.4 Å². The highest BCUT2D eigenvalue weighted by Gasteiger charge is 2.33. The molecular weight excluding hydrogens is 556 g/mol. The number of amides is 4. The highest BCUT2D eigenvalue weighted by atomic mass is 32.2. The Morgan fingerprint density at radius 3 is 2.68 bits per heavy atom. The first-order valence-corrected chi connectivity index (χ1v) is 13.7. The number of hydroxylamine groups is 1. The van der Waals surface area contributed by atoms with E-state index in [4.69, 9.17) is 12.2 Å². The number of hydrogen-bond acceptors (Lipinski definition) is 10. The van der Waals surface area contributed by atoms with Gasteiger partial charge in [0.05, 0.1) is 10.5 Å². The predicted molar refractivity (Wildman–Crippen MR) is 148 cm³/mol. The summed E-state index contributed by atoms with van der Waals surface area (Å²) in [4.78, 5) is 72.2. The third-order valence-electron chi connectivity index (χ3n) is 6.19. The fourth-order valence-electron chi connectivity index (χ4n) is 3.71. The smallest absolute Gasteiger partial charge is 0.270 e. The van der Waals surface area contributed by atoms with Crippen molar-refractivity contribution in [3.8, 4) is 24.4 Å².